The molecule has 6 heteroatoms. The van der Waals surface area contributed by atoms with Crippen molar-refractivity contribution < 1.29 is 14.3 Å². The van der Waals surface area contributed by atoms with E-state index in [9.17, 15) is 9.59 Å². The van der Waals surface area contributed by atoms with Crippen LogP contribution in [0.15, 0.2) is 6.07 Å². The Hall–Kier alpha value is -2.11. The molecule has 28 heavy (non-hydrogen) atoms. The van der Waals surface area contributed by atoms with Crippen LogP contribution in [-0.2, 0) is 17.6 Å². The van der Waals surface area contributed by atoms with E-state index in [-0.39, 0.29) is 17.2 Å². The van der Waals surface area contributed by atoms with Gasteiger partial charge in [0.25, 0.3) is 5.91 Å². The fourth-order valence-electron chi connectivity index (χ4n) is 5.30. The number of likely N-dealkylation sites (tertiary alicyclic amines) is 2. The minimum Gasteiger partial charge on any atom is -0.480 e. The molecule has 0 bridgehead atoms. The topological polar surface area (TPSA) is 62.7 Å². The Morgan fingerprint density at radius 1 is 1.25 bits per heavy atom. The second kappa shape index (κ2) is 6.75. The number of methoxy groups -OCH3 is 1. The normalized spacial score (nSPS) is 26.8. The smallest absolute Gasteiger partial charge is 0.259 e. The number of amides is 2. The van der Waals surface area contributed by atoms with Gasteiger partial charge in [-0.25, -0.2) is 4.98 Å². The van der Waals surface area contributed by atoms with Crippen LogP contribution < -0.4 is 4.74 Å². The number of hydrogen-bond donors (Lipinski definition) is 0. The largest absolute Gasteiger partial charge is 0.480 e. The Balaban J connectivity index is 1.35. The first-order chi connectivity index (χ1) is 13.6. The third-order valence-corrected chi connectivity index (χ3v) is 7.08. The van der Waals surface area contributed by atoms with Gasteiger partial charge in [0.15, 0.2) is 0 Å². The van der Waals surface area contributed by atoms with Gasteiger partial charge in [-0.05, 0) is 68.9 Å². The highest BCUT2D eigenvalue weighted by molar-refractivity contribution is 5.97. The summed E-state index contributed by atoms with van der Waals surface area (Å²) in [6.07, 6.45) is 8.25. The molecule has 2 saturated heterocycles. The number of ether oxygens (including phenoxy) is 1. The third kappa shape index (κ3) is 2.97. The number of hydrogen-bond acceptors (Lipinski definition) is 4. The Kier molecular flexibility index (Phi) is 4.33. The SMILES string of the molecule is COc1nc2c(cc1C(=O)N1CC[C@]3(CCCN(CC4CC4)C3=O)C1)CCC2. The number of nitrogens with zero attached hydrogens (tertiary/aromatic N) is 3. The summed E-state index contributed by atoms with van der Waals surface area (Å²) in [5.41, 5.74) is 2.41. The second-order valence-electron chi connectivity index (χ2n) is 9.06. The molecule has 0 radical (unpaired) electrons. The Bertz CT molecular complexity index is 819. The minimum absolute atomic E-state index is 0.0389. The average Bonchev–Trinajstić information content (AvgIpc) is 3.24. The van der Waals surface area contributed by atoms with E-state index in [4.69, 9.17) is 4.74 Å². The van der Waals surface area contributed by atoms with Gasteiger partial charge in [0.2, 0.25) is 11.8 Å². The highest BCUT2D eigenvalue weighted by Crippen LogP contribution is 2.42. The number of carbonyl (C=O) groups is 2. The highest BCUT2D eigenvalue weighted by Gasteiger charge is 2.50. The first kappa shape index (κ1) is 18.0. The summed E-state index contributed by atoms with van der Waals surface area (Å²) in [6, 6.07) is 1.98. The lowest BCUT2D eigenvalue weighted by atomic mass is 9.78. The van der Waals surface area contributed by atoms with Crippen molar-refractivity contribution >= 4 is 11.8 Å². The lowest BCUT2D eigenvalue weighted by Gasteiger charge is -2.39. The zero-order valence-electron chi connectivity index (χ0n) is 16.7. The van der Waals surface area contributed by atoms with E-state index in [1.807, 2.05) is 11.0 Å². The zero-order valence-corrected chi connectivity index (χ0v) is 16.7. The molecule has 1 spiro atoms. The fraction of sp³-hybridized carbons (Fsp3) is 0.682. The van der Waals surface area contributed by atoms with Crippen LogP contribution in [0.4, 0.5) is 0 Å². The maximum Gasteiger partial charge on any atom is 0.259 e. The molecule has 1 atom stereocenters. The van der Waals surface area contributed by atoms with Crippen LogP contribution >= 0.6 is 0 Å². The third-order valence-electron chi connectivity index (χ3n) is 7.08. The van der Waals surface area contributed by atoms with Crippen LogP contribution in [0, 0.1) is 11.3 Å². The predicted molar refractivity (Wildman–Crippen MR) is 104 cm³/mol. The van der Waals surface area contributed by atoms with Gasteiger partial charge in [0.05, 0.1) is 12.5 Å². The molecule has 0 aromatic carbocycles. The van der Waals surface area contributed by atoms with E-state index >= 15 is 0 Å². The van der Waals surface area contributed by atoms with Crippen molar-refractivity contribution in [3.05, 3.63) is 22.9 Å². The number of rotatable bonds is 4. The first-order valence-electron chi connectivity index (χ1n) is 10.7. The number of aryl methyl sites for hydroxylation is 2. The van der Waals surface area contributed by atoms with E-state index in [0.29, 0.717) is 30.5 Å². The van der Waals surface area contributed by atoms with Gasteiger partial charge in [-0.3, -0.25) is 9.59 Å². The number of fused-ring (bicyclic) bond motifs is 1. The van der Waals surface area contributed by atoms with Gasteiger partial charge >= 0.3 is 0 Å². The molecule has 2 aliphatic carbocycles. The molecule has 3 fully saturated rings. The maximum atomic E-state index is 13.3. The first-order valence-corrected chi connectivity index (χ1v) is 10.7. The summed E-state index contributed by atoms with van der Waals surface area (Å²) in [5, 5.41) is 0. The van der Waals surface area contributed by atoms with Gasteiger partial charge in [0, 0.05) is 31.9 Å². The van der Waals surface area contributed by atoms with E-state index < -0.39 is 0 Å². The molecule has 3 heterocycles. The Morgan fingerprint density at radius 3 is 2.89 bits per heavy atom. The van der Waals surface area contributed by atoms with Crippen LogP contribution in [0.25, 0.3) is 0 Å². The molecule has 4 aliphatic rings. The maximum absolute atomic E-state index is 13.3. The molecule has 6 nitrogen and oxygen atoms in total. The van der Waals surface area contributed by atoms with E-state index in [0.717, 1.165) is 57.3 Å². The molecule has 1 aromatic heterocycles. The van der Waals surface area contributed by atoms with Crippen LogP contribution in [0.3, 0.4) is 0 Å². The lowest BCUT2D eigenvalue weighted by molar-refractivity contribution is -0.145. The summed E-state index contributed by atoms with van der Waals surface area (Å²) in [4.78, 5) is 35.1. The summed E-state index contributed by atoms with van der Waals surface area (Å²) in [7, 11) is 1.58. The van der Waals surface area contributed by atoms with Crippen molar-refractivity contribution in [2.75, 3.05) is 33.3 Å². The molecule has 0 N–H and O–H groups in total. The predicted octanol–water partition coefficient (Wildman–Crippen LogP) is 2.44. The van der Waals surface area contributed by atoms with Crippen molar-refractivity contribution in [2.24, 2.45) is 11.3 Å². The van der Waals surface area contributed by atoms with Crippen molar-refractivity contribution in [3.8, 4) is 5.88 Å². The molecule has 150 valence electrons. The van der Waals surface area contributed by atoms with Crippen molar-refractivity contribution in [3.63, 3.8) is 0 Å². The average molecular weight is 383 g/mol. The number of pyridine rings is 1. The van der Waals surface area contributed by atoms with Crippen LogP contribution in [0.2, 0.25) is 0 Å². The van der Waals surface area contributed by atoms with Gasteiger partial charge in [-0.1, -0.05) is 0 Å². The van der Waals surface area contributed by atoms with Crippen LogP contribution in [0.1, 0.15) is 60.1 Å². The zero-order chi connectivity index (χ0) is 19.3. The number of aromatic nitrogens is 1. The van der Waals surface area contributed by atoms with E-state index in [2.05, 4.69) is 9.88 Å². The molecule has 1 saturated carbocycles. The summed E-state index contributed by atoms with van der Waals surface area (Å²) < 4.78 is 5.44. The molecular formula is C22H29N3O3. The van der Waals surface area contributed by atoms with E-state index in [1.54, 1.807) is 7.11 Å². The molecular weight excluding hydrogens is 354 g/mol. The second-order valence-corrected chi connectivity index (χ2v) is 9.06. The number of piperidine rings is 1. The van der Waals surface area contributed by atoms with Crippen molar-refractivity contribution in [2.45, 2.75) is 51.4 Å². The molecule has 0 unspecified atom stereocenters. The van der Waals surface area contributed by atoms with Gasteiger partial charge in [-0.15, -0.1) is 0 Å². The van der Waals surface area contributed by atoms with Crippen LogP contribution in [-0.4, -0.2) is 59.9 Å². The van der Waals surface area contributed by atoms with Gasteiger partial charge < -0.3 is 14.5 Å². The Morgan fingerprint density at radius 2 is 2.11 bits per heavy atom. The standard InChI is InChI=1S/C22H29N3O3/c1-28-19-17(12-16-4-2-5-18(16)23-19)20(26)25-11-9-22(14-25)8-3-10-24(21(22)27)13-15-6-7-15/h12,15H,2-11,13-14H2,1H3/t22-/m1/s1. The monoisotopic (exact) mass is 383 g/mol. The van der Waals surface area contributed by atoms with Gasteiger partial charge in [0.1, 0.15) is 5.56 Å². The minimum atomic E-state index is -0.375. The fourth-order valence-corrected chi connectivity index (χ4v) is 5.30. The molecule has 2 aliphatic heterocycles. The molecule has 5 rings (SSSR count). The van der Waals surface area contributed by atoms with Crippen molar-refractivity contribution in [1.82, 2.24) is 14.8 Å². The molecule has 1 aromatic rings. The lowest BCUT2D eigenvalue weighted by Crippen LogP contribution is -2.51. The summed E-state index contributed by atoms with van der Waals surface area (Å²) in [5.74, 6) is 1.37. The van der Waals surface area contributed by atoms with Crippen molar-refractivity contribution in [1.29, 1.82) is 0 Å². The quantitative estimate of drug-likeness (QED) is 0.801. The Labute approximate surface area is 166 Å². The number of carbonyl (C=O) groups excluding carboxylic acids is 2. The summed E-state index contributed by atoms with van der Waals surface area (Å²) in [6.45, 7) is 2.97. The summed E-state index contributed by atoms with van der Waals surface area (Å²) >= 11 is 0. The van der Waals surface area contributed by atoms with Gasteiger partial charge in [-0.2, -0.15) is 0 Å². The molecule has 2 amide bonds. The van der Waals surface area contributed by atoms with E-state index in [1.165, 1.54) is 18.4 Å². The van der Waals surface area contributed by atoms with Crippen LogP contribution in [0.5, 0.6) is 5.88 Å². The highest BCUT2D eigenvalue weighted by atomic mass is 16.5.